The lowest BCUT2D eigenvalue weighted by atomic mass is 9.70. The first kappa shape index (κ1) is 13.9. The van der Waals surface area contributed by atoms with Crippen molar-refractivity contribution in [3.8, 4) is 0 Å². The average molecular weight is 293 g/mol. The third-order valence-corrected chi connectivity index (χ3v) is 5.20. The molecule has 0 radical (unpaired) electrons. The van der Waals surface area contributed by atoms with Crippen LogP contribution in [0.3, 0.4) is 0 Å². The Morgan fingerprint density at radius 1 is 1.45 bits per heavy atom. The second kappa shape index (κ2) is 5.38. The number of carbonyl (C=O) groups excluding carboxylic acids is 1. The van der Waals surface area contributed by atoms with E-state index >= 15 is 0 Å². The summed E-state index contributed by atoms with van der Waals surface area (Å²) in [5.41, 5.74) is 1.86. The van der Waals surface area contributed by atoms with E-state index in [2.05, 4.69) is 10.6 Å². The summed E-state index contributed by atoms with van der Waals surface area (Å²) in [6.07, 6.45) is 5.86. The molecule has 1 unspecified atom stereocenters. The van der Waals surface area contributed by atoms with Crippen LogP contribution in [0.4, 0.5) is 0 Å². The monoisotopic (exact) mass is 292 g/mol. The van der Waals surface area contributed by atoms with Crippen molar-refractivity contribution in [2.45, 2.75) is 50.6 Å². The highest BCUT2D eigenvalue weighted by atomic mass is 35.5. The Hall–Kier alpha value is -1.06. The van der Waals surface area contributed by atoms with E-state index in [0.717, 1.165) is 24.9 Å². The molecule has 2 fully saturated rings. The molecule has 20 heavy (non-hydrogen) atoms. The van der Waals surface area contributed by atoms with Crippen LogP contribution in [0.15, 0.2) is 18.2 Å². The van der Waals surface area contributed by atoms with E-state index < -0.39 is 0 Å². The van der Waals surface area contributed by atoms with Gasteiger partial charge in [0.15, 0.2) is 0 Å². The van der Waals surface area contributed by atoms with Crippen molar-refractivity contribution >= 4 is 17.5 Å². The summed E-state index contributed by atoms with van der Waals surface area (Å²) in [4.78, 5) is 12.4. The summed E-state index contributed by atoms with van der Waals surface area (Å²) in [6, 6.07) is 5.78. The third kappa shape index (κ3) is 2.57. The van der Waals surface area contributed by atoms with Gasteiger partial charge in [-0.25, -0.2) is 0 Å². The van der Waals surface area contributed by atoms with Crippen molar-refractivity contribution in [1.29, 1.82) is 0 Å². The molecule has 0 bridgehead atoms. The highest BCUT2D eigenvalue weighted by molar-refractivity contribution is 6.31. The lowest BCUT2D eigenvalue weighted by molar-refractivity contribution is 0.0852. The number of nitrogens with one attached hydrogen (secondary N) is 2. The highest BCUT2D eigenvalue weighted by Crippen LogP contribution is 2.38. The minimum Gasteiger partial charge on any atom is -0.349 e. The molecule has 1 aliphatic carbocycles. The van der Waals surface area contributed by atoms with Gasteiger partial charge in [-0.05, 0) is 63.3 Å². The molecule has 1 amide bonds. The van der Waals surface area contributed by atoms with Crippen molar-refractivity contribution in [1.82, 2.24) is 10.6 Å². The summed E-state index contributed by atoms with van der Waals surface area (Å²) in [5, 5.41) is 7.46. The van der Waals surface area contributed by atoms with Gasteiger partial charge in [0.2, 0.25) is 0 Å². The van der Waals surface area contributed by atoms with Crippen LogP contribution in [0.1, 0.15) is 48.0 Å². The number of rotatable bonds is 2. The predicted octanol–water partition coefficient (Wildman–Crippen LogP) is 3.05. The Kier molecular flexibility index (Phi) is 3.74. The lowest BCUT2D eigenvalue weighted by Crippen LogP contribution is -2.59. The van der Waals surface area contributed by atoms with Crippen LogP contribution in [0.25, 0.3) is 0 Å². The van der Waals surface area contributed by atoms with Crippen LogP contribution < -0.4 is 10.6 Å². The van der Waals surface area contributed by atoms with E-state index in [-0.39, 0.29) is 11.9 Å². The van der Waals surface area contributed by atoms with Crippen molar-refractivity contribution < 1.29 is 4.79 Å². The van der Waals surface area contributed by atoms with E-state index in [1.165, 1.54) is 19.3 Å². The molecular formula is C16H21ClN2O. The Bertz CT molecular complexity index is 525. The summed E-state index contributed by atoms with van der Waals surface area (Å²) >= 11 is 6.09. The molecular weight excluding hydrogens is 272 g/mol. The fraction of sp³-hybridized carbons (Fsp3) is 0.562. The molecule has 3 nitrogen and oxygen atoms in total. The SMILES string of the molecule is Cc1c(Cl)cccc1C(=O)NC1CCNC2(CCC2)C1. The maximum atomic E-state index is 12.4. The molecule has 2 aliphatic rings. The fourth-order valence-electron chi connectivity index (χ4n) is 3.38. The standard InChI is InChI=1S/C16H21ClN2O/c1-11-13(4-2-5-14(11)17)15(20)19-12-6-9-18-16(10-12)7-3-8-16/h2,4-5,12,18H,3,6-10H2,1H3,(H,19,20). The topological polar surface area (TPSA) is 41.1 Å². The number of amides is 1. The Morgan fingerprint density at radius 2 is 2.25 bits per heavy atom. The van der Waals surface area contributed by atoms with Gasteiger partial charge in [0.05, 0.1) is 0 Å². The van der Waals surface area contributed by atoms with Gasteiger partial charge in [-0.3, -0.25) is 4.79 Å². The maximum absolute atomic E-state index is 12.4. The number of hydrogen-bond donors (Lipinski definition) is 2. The average Bonchev–Trinajstić information content (AvgIpc) is 2.40. The first-order valence-corrected chi connectivity index (χ1v) is 7.78. The van der Waals surface area contributed by atoms with Crippen LogP contribution in [0, 0.1) is 6.92 Å². The van der Waals surface area contributed by atoms with Crippen LogP contribution >= 0.6 is 11.6 Å². The van der Waals surface area contributed by atoms with E-state index in [4.69, 9.17) is 11.6 Å². The quantitative estimate of drug-likeness (QED) is 0.880. The Balaban J connectivity index is 1.68. The number of piperidine rings is 1. The zero-order valence-corrected chi connectivity index (χ0v) is 12.6. The third-order valence-electron chi connectivity index (χ3n) is 4.79. The van der Waals surface area contributed by atoms with Crippen LogP contribution in [0.2, 0.25) is 5.02 Å². The highest BCUT2D eigenvalue weighted by Gasteiger charge is 2.41. The van der Waals surface area contributed by atoms with Crippen LogP contribution in [-0.4, -0.2) is 24.0 Å². The van der Waals surface area contributed by atoms with E-state index in [0.29, 0.717) is 16.1 Å². The van der Waals surface area contributed by atoms with Gasteiger partial charge in [0.1, 0.15) is 0 Å². The van der Waals surface area contributed by atoms with Crippen LogP contribution in [-0.2, 0) is 0 Å². The molecule has 3 rings (SSSR count). The lowest BCUT2D eigenvalue weighted by Gasteiger charge is -2.48. The van der Waals surface area contributed by atoms with Crippen LogP contribution in [0.5, 0.6) is 0 Å². The second-order valence-corrected chi connectivity index (χ2v) is 6.54. The molecule has 1 saturated heterocycles. The predicted molar refractivity (Wildman–Crippen MR) is 81.3 cm³/mol. The van der Waals surface area contributed by atoms with Gasteiger partial charge in [0, 0.05) is 22.2 Å². The Morgan fingerprint density at radius 3 is 2.95 bits per heavy atom. The second-order valence-electron chi connectivity index (χ2n) is 6.14. The number of benzene rings is 1. The van der Waals surface area contributed by atoms with Crippen molar-refractivity contribution in [3.63, 3.8) is 0 Å². The zero-order valence-electron chi connectivity index (χ0n) is 11.8. The molecule has 4 heteroatoms. The molecule has 1 saturated carbocycles. The number of halogens is 1. The van der Waals surface area contributed by atoms with Gasteiger partial charge in [-0.2, -0.15) is 0 Å². The molecule has 2 N–H and O–H groups in total. The Labute approximate surface area is 125 Å². The van der Waals surface area contributed by atoms with Crippen molar-refractivity contribution in [2.75, 3.05) is 6.54 Å². The van der Waals surface area contributed by atoms with E-state index in [9.17, 15) is 4.79 Å². The van der Waals surface area contributed by atoms with Gasteiger partial charge < -0.3 is 10.6 Å². The first-order chi connectivity index (χ1) is 9.60. The molecule has 0 aromatic heterocycles. The summed E-state index contributed by atoms with van der Waals surface area (Å²) < 4.78 is 0. The maximum Gasteiger partial charge on any atom is 0.251 e. The molecule has 1 spiro atoms. The van der Waals surface area contributed by atoms with Crippen molar-refractivity contribution in [3.05, 3.63) is 34.3 Å². The molecule has 1 aliphatic heterocycles. The minimum absolute atomic E-state index is 0.00590. The summed E-state index contributed by atoms with van der Waals surface area (Å²) in [5.74, 6) is 0.00590. The van der Waals surface area contributed by atoms with Gasteiger partial charge in [-0.1, -0.05) is 17.7 Å². The smallest absolute Gasteiger partial charge is 0.251 e. The van der Waals surface area contributed by atoms with Gasteiger partial charge in [0.25, 0.3) is 5.91 Å². The molecule has 108 valence electrons. The zero-order chi connectivity index (χ0) is 14.2. The summed E-state index contributed by atoms with van der Waals surface area (Å²) in [7, 11) is 0. The molecule has 1 heterocycles. The normalized spacial score (nSPS) is 24.2. The molecule has 1 aromatic rings. The fourth-order valence-corrected chi connectivity index (χ4v) is 3.56. The van der Waals surface area contributed by atoms with Gasteiger partial charge in [-0.15, -0.1) is 0 Å². The molecule has 1 atom stereocenters. The van der Waals surface area contributed by atoms with E-state index in [1.54, 1.807) is 0 Å². The van der Waals surface area contributed by atoms with Crippen molar-refractivity contribution in [2.24, 2.45) is 0 Å². The van der Waals surface area contributed by atoms with E-state index in [1.807, 2.05) is 25.1 Å². The largest absolute Gasteiger partial charge is 0.349 e. The number of hydrogen-bond acceptors (Lipinski definition) is 2. The first-order valence-electron chi connectivity index (χ1n) is 7.41. The summed E-state index contributed by atoms with van der Waals surface area (Å²) in [6.45, 7) is 2.90. The minimum atomic E-state index is 0.00590. The van der Waals surface area contributed by atoms with Gasteiger partial charge >= 0.3 is 0 Å². The molecule has 1 aromatic carbocycles. The number of carbonyl (C=O) groups is 1.